The predicted octanol–water partition coefficient (Wildman–Crippen LogP) is 4.15. The summed E-state index contributed by atoms with van der Waals surface area (Å²) in [6, 6.07) is 17.0. The van der Waals surface area contributed by atoms with Gasteiger partial charge in [-0.05, 0) is 29.9 Å². The Morgan fingerprint density at radius 3 is 2.07 bits per heavy atom. The Kier molecular flexibility index (Phi) is 16.0. The van der Waals surface area contributed by atoms with Crippen molar-refractivity contribution in [2.75, 3.05) is 19.8 Å². The van der Waals surface area contributed by atoms with Gasteiger partial charge in [0.15, 0.2) is 0 Å². The summed E-state index contributed by atoms with van der Waals surface area (Å²) in [5.74, 6) is -2.15. The lowest BCUT2D eigenvalue weighted by Crippen LogP contribution is -2.47. The van der Waals surface area contributed by atoms with Crippen LogP contribution < -0.4 is 10.6 Å². The average Bonchev–Trinajstić information content (AvgIpc) is 3.02. The number of hydrogen-bond donors (Lipinski definition) is 3. The first-order valence-corrected chi connectivity index (χ1v) is 14.8. The van der Waals surface area contributed by atoms with Crippen LogP contribution in [-0.4, -0.2) is 65.7 Å². The number of aliphatic hydroxyl groups is 1. The summed E-state index contributed by atoms with van der Waals surface area (Å²) in [4.78, 5) is 53.3. The van der Waals surface area contributed by atoms with Crippen LogP contribution in [0.25, 0.3) is 0 Å². The van der Waals surface area contributed by atoms with Crippen molar-refractivity contribution in [3.8, 4) is 0 Å². The van der Waals surface area contributed by atoms with E-state index >= 15 is 0 Å². The van der Waals surface area contributed by atoms with E-state index in [1.54, 1.807) is 6.08 Å². The summed E-state index contributed by atoms with van der Waals surface area (Å²) in [5.41, 5.74) is 1.71. The van der Waals surface area contributed by atoms with Crippen LogP contribution in [0.4, 0.5) is 4.79 Å². The predicted molar refractivity (Wildman–Crippen MR) is 168 cm³/mol. The minimum atomic E-state index is -1.02. The number of carbonyl (C=O) groups is 4. The summed E-state index contributed by atoms with van der Waals surface area (Å²) in [6.45, 7) is 11.3. The highest BCUT2D eigenvalue weighted by molar-refractivity contribution is 5.86. The average molecular weight is 608 g/mol. The topological polar surface area (TPSA) is 134 Å². The van der Waals surface area contributed by atoms with Gasteiger partial charge in [-0.1, -0.05) is 86.7 Å². The monoisotopic (exact) mass is 607 g/mol. The van der Waals surface area contributed by atoms with Crippen molar-refractivity contribution in [3.63, 3.8) is 0 Å². The van der Waals surface area contributed by atoms with Crippen molar-refractivity contribution in [2.45, 2.75) is 58.3 Å². The molecule has 2 aromatic rings. The van der Waals surface area contributed by atoms with E-state index in [1.165, 1.54) is 11.0 Å². The van der Waals surface area contributed by atoms with Gasteiger partial charge in [0, 0.05) is 19.5 Å². The lowest BCUT2D eigenvalue weighted by Gasteiger charge is -2.27. The van der Waals surface area contributed by atoms with Gasteiger partial charge < -0.3 is 30.1 Å². The molecule has 0 spiro atoms. The summed E-state index contributed by atoms with van der Waals surface area (Å²) < 4.78 is 10.7. The van der Waals surface area contributed by atoms with Gasteiger partial charge in [-0.2, -0.15) is 0 Å². The maximum atomic E-state index is 13.3. The van der Waals surface area contributed by atoms with Crippen molar-refractivity contribution in [2.24, 2.45) is 11.8 Å². The second-order valence-electron chi connectivity index (χ2n) is 10.7. The number of rotatable bonds is 19. The molecule has 0 aliphatic heterocycles. The van der Waals surface area contributed by atoms with Gasteiger partial charge in [0.1, 0.15) is 19.3 Å². The molecule has 0 fully saturated rings. The van der Waals surface area contributed by atoms with E-state index in [9.17, 15) is 24.3 Å². The number of nitrogens with zero attached hydrogens (tertiary/aromatic N) is 1. The van der Waals surface area contributed by atoms with Crippen LogP contribution in [0.5, 0.6) is 0 Å². The third-order valence-electron chi connectivity index (χ3n) is 6.91. The molecule has 0 aliphatic carbocycles. The third kappa shape index (κ3) is 12.8. The molecule has 10 heteroatoms. The lowest BCUT2D eigenvalue weighted by molar-refractivity contribution is -0.148. The molecule has 238 valence electrons. The van der Waals surface area contributed by atoms with Crippen molar-refractivity contribution in [1.29, 1.82) is 0 Å². The lowest BCUT2D eigenvalue weighted by atomic mass is 9.97. The van der Waals surface area contributed by atoms with E-state index in [4.69, 9.17) is 9.47 Å². The number of amides is 3. The third-order valence-corrected chi connectivity index (χ3v) is 6.91. The first kappa shape index (κ1) is 35.8. The zero-order chi connectivity index (χ0) is 32.3. The highest BCUT2D eigenvalue weighted by Crippen LogP contribution is 2.16. The van der Waals surface area contributed by atoms with Gasteiger partial charge in [0.25, 0.3) is 0 Å². The first-order chi connectivity index (χ1) is 21.2. The van der Waals surface area contributed by atoms with Crippen molar-refractivity contribution >= 4 is 23.9 Å². The number of aliphatic hydroxyl groups excluding tert-OH is 1. The molecule has 44 heavy (non-hydrogen) atoms. The summed E-state index contributed by atoms with van der Waals surface area (Å²) in [6.07, 6.45) is 2.60. The minimum Gasteiger partial charge on any atom is -0.462 e. The molecular weight excluding hydrogens is 562 g/mol. The largest absolute Gasteiger partial charge is 0.462 e. The molecule has 10 nitrogen and oxygen atoms in total. The number of benzene rings is 2. The SMILES string of the molecule is C=CCC(CC(=O)N(CCO)Cc1ccccc1)C(=O)NC(COC(=O)C(CC=C)NC(=O)OCc1ccccc1)C(C)C. The Balaban J connectivity index is 1.98. The molecular formula is C34H45N3O7. The van der Waals surface area contributed by atoms with Gasteiger partial charge in [0.2, 0.25) is 11.8 Å². The first-order valence-electron chi connectivity index (χ1n) is 14.8. The molecule has 3 atom stereocenters. The van der Waals surface area contributed by atoms with E-state index in [-0.39, 0.29) is 63.4 Å². The fourth-order valence-electron chi connectivity index (χ4n) is 4.30. The van der Waals surface area contributed by atoms with E-state index < -0.39 is 30.1 Å². The van der Waals surface area contributed by atoms with Gasteiger partial charge >= 0.3 is 12.1 Å². The van der Waals surface area contributed by atoms with Gasteiger partial charge in [0.05, 0.1) is 18.6 Å². The fourth-order valence-corrected chi connectivity index (χ4v) is 4.30. The number of carbonyl (C=O) groups excluding carboxylic acids is 4. The molecule has 3 unspecified atom stereocenters. The van der Waals surface area contributed by atoms with Crippen LogP contribution in [-0.2, 0) is 37.0 Å². The number of nitrogens with one attached hydrogen (secondary N) is 2. The smallest absolute Gasteiger partial charge is 0.408 e. The van der Waals surface area contributed by atoms with Crippen LogP contribution in [0.2, 0.25) is 0 Å². The summed E-state index contributed by atoms with van der Waals surface area (Å²) in [5, 5.41) is 15.0. The quantitative estimate of drug-likeness (QED) is 0.161. The zero-order valence-corrected chi connectivity index (χ0v) is 25.7. The molecule has 3 amide bonds. The number of ether oxygens (including phenoxy) is 2. The number of alkyl carbamates (subject to hydrolysis) is 1. The van der Waals surface area contributed by atoms with Crippen LogP contribution in [0.1, 0.15) is 44.2 Å². The molecule has 0 radical (unpaired) electrons. The molecule has 2 aromatic carbocycles. The molecule has 0 heterocycles. The Morgan fingerprint density at radius 1 is 0.886 bits per heavy atom. The number of allylic oxidation sites excluding steroid dienone is 1. The van der Waals surface area contributed by atoms with Crippen LogP contribution >= 0.6 is 0 Å². The van der Waals surface area contributed by atoms with Crippen molar-refractivity contribution in [1.82, 2.24) is 15.5 Å². The molecule has 3 N–H and O–H groups in total. The second-order valence-corrected chi connectivity index (χ2v) is 10.7. The van der Waals surface area contributed by atoms with E-state index in [0.29, 0.717) is 6.54 Å². The van der Waals surface area contributed by atoms with Crippen molar-refractivity contribution < 1.29 is 33.8 Å². The standard InChI is InChI=1S/C34H45N3O7/c1-5-13-28(21-31(39)37(19-20-38)22-26-15-9-7-10-16-26)32(40)35-30(25(3)4)24-43-33(41)29(14-6-2)36-34(42)44-23-27-17-11-8-12-18-27/h5-12,15-18,25,28-30,38H,1-2,13-14,19-24H2,3-4H3,(H,35,40)(H,36,42). The highest BCUT2D eigenvalue weighted by atomic mass is 16.6. The maximum Gasteiger partial charge on any atom is 0.408 e. The minimum absolute atomic E-state index is 0.0440. The molecule has 0 saturated heterocycles. The Labute approximate surface area is 260 Å². The van der Waals surface area contributed by atoms with Gasteiger partial charge in [-0.25, -0.2) is 9.59 Å². The maximum absolute atomic E-state index is 13.3. The molecule has 0 aromatic heterocycles. The fraction of sp³-hybridized carbons (Fsp3) is 0.412. The van der Waals surface area contributed by atoms with E-state index in [2.05, 4.69) is 23.8 Å². The van der Waals surface area contributed by atoms with Gasteiger partial charge in [-0.3, -0.25) is 9.59 Å². The highest BCUT2D eigenvalue weighted by Gasteiger charge is 2.29. The van der Waals surface area contributed by atoms with Gasteiger partial charge in [-0.15, -0.1) is 13.2 Å². The molecule has 2 rings (SSSR count). The Hall–Kier alpha value is -4.44. The number of hydrogen-bond acceptors (Lipinski definition) is 7. The Morgan fingerprint density at radius 2 is 1.50 bits per heavy atom. The van der Waals surface area contributed by atoms with E-state index in [0.717, 1.165) is 11.1 Å². The summed E-state index contributed by atoms with van der Waals surface area (Å²) >= 11 is 0. The van der Waals surface area contributed by atoms with Crippen LogP contribution in [0.15, 0.2) is 86.0 Å². The van der Waals surface area contributed by atoms with Crippen LogP contribution in [0.3, 0.4) is 0 Å². The molecule has 0 saturated carbocycles. The van der Waals surface area contributed by atoms with Crippen molar-refractivity contribution in [3.05, 3.63) is 97.1 Å². The second kappa shape index (κ2) is 19.7. The molecule has 0 bridgehead atoms. The Bertz CT molecular complexity index is 1200. The number of esters is 1. The normalized spacial score (nSPS) is 12.7. The summed E-state index contributed by atoms with van der Waals surface area (Å²) in [7, 11) is 0. The van der Waals surface area contributed by atoms with E-state index in [1.807, 2.05) is 74.5 Å². The molecule has 0 aliphatic rings. The van der Waals surface area contributed by atoms with Crippen LogP contribution in [0, 0.1) is 11.8 Å². The zero-order valence-electron chi connectivity index (χ0n) is 25.7.